The third-order valence-electron chi connectivity index (χ3n) is 2.13. The zero-order valence-corrected chi connectivity index (χ0v) is 7.50. The largest absolute Gasteiger partial charge is 0.394 e. The summed E-state index contributed by atoms with van der Waals surface area (Å²) in [6.07, 6.45) is -6.71. The van der Waals surface area contributed by atoms with Crippen LogP contribution in [-0.2, 0) is 4.74 Å². The van der Waals surface area contributed by atoms with Crippen LogP contribution in [-0.4, -0.2) is 62.5 Å². The summed E-state index contributed by atoms with van der Waals surface area (Å²) in [5, 5.41) is 48.8. The molecule has 86 valence electrons. The lowest BCUT2D eigenvalue weighted by atomic mass is 9.97. The first-order chi connectivity index (χ1) is 6.96. The van der Waals surface area contributed by atoms with E-state index in [1.165, 1.54) is 0 Å². The van der Waals surface area contributed by atoms with Gasteiger partial charge in [0.25, 0.3) is 5.91 Å². The maximum absolute atomic E-state index is 9.45. The molecule has 0 radical (unpaired) electrons. The number of hydrogen-bond acceptors (Lipinski definition) is 7. The molecule has 9 nitrogen and oxygen atoms in total. The highest BCUT2D eigenvalue weighted by atomic mass is 16.7. The molecule has 1 aliphatic heterocycles. The van der Waals surface area contributed by atoms with Gasteiger partial charge in [-0.3, -0.25) is 0 Å². The highest BCUT2D eigenvalue weighted by Gasteiger charge is 2.52. The van der Waals surface area contributed by atoms with E-state index in [1.54, 1.807) is 0 Å². The van der Waals surface area contributed by atoms with Crippen LogP contribution in [0.4, 0.5) is 0 Å². The van der Waals surface area contributed by atoms with Crippen molar-refractivity contribution in [3.63, 3.8) is 0 Å². The van der Waals surface area contributed by atoms with Gasteiger partial charge in [-0.05, 0) is 10.6 Å². The van der Waals surface area contributed by atoms with E-state index in [4.69, 9.17) is 10.6 Å². The lowest BCUT2D eigenvalue weighted by Crippen LogP contribution is -2.64. The SMILES string of the molecule is [N-]=[N+]=N[C@]1(O)O[C@H](CO)[C@H](O)[C@H](O)[C@H]1O. The van der Waals surface area contributed by atoms with Gasteiger partial charge in [-0.1, -0.05) is 0 Å². The van der Waals surface area contributed by atoms with E-state index in [9.17, 15) is 20.4 Å². The summed E-state index contributed by atoms with van der Waals surface area (Å²) in [6.45, 7) is -0.714. The van der Waals surface area contributed by atoms with E-state index in [-0.39, 0.29) is 0 Å². The Morgan fingerprint density at radius 2 is 1.93 bits per heavy atom. The first-order valence-corrected chi connectivity index (χ1v) is 4.07. The van der Waals surface area contributed by atoms with E-state index in [0.717, 1.165) is 0 Å². The van der Waals surface area contributed by atoms with Crippen molar-refractivity contribution in [3.05, 3.63) is 10.4 Å². The first kappa shape index (κ1) is 12.1. The van der Waals surface area contributed by atoms with Crippen molar-refractivity contribution < 1.29 is 30.3 Å². The highest BCUT2D eigenvalue weighted by molar-refractivity contribution is 4.94. The van der Waals surface area contributed by atoms with Gasteiger partial charge in [-0.2, -0.15) is 0 Å². The fourth-order valence-electron chi connectivity index (χ4n) is 1.28. The summed E-state index contributed by atoms with van der Waals surface area (Å²) in [4.78, 5) is 2.23. The Bertz CT molecular complexity index is 280. The van der Waals surface area contributed by atoms with Crippen molar-refractivity contribution in [2.75, 3.05) is 6.61 Å². The Morgan fingerprint density at radius 3 is 2.40 bits per heavy atom. The minimum Gasteiger partial charge on any atom is -0.394 e. The van der Waals surface area contributed by atoms with Crippen LogP contribution in [0.25, 0.3) is 10.4 Å². The lowest BCUT2D eigenvalue weighted by Gasteiger charge is -2.42. The molecule has 0 bridgehead atoms. The van der Waals surface area contributed by atoms with Crippen molar-refractivity contribution in [1.29, 1.82) is 0 Å². The van der Waals surface area contributed by atoms with Gasteiger partial charge in [-0.25, -0.2) is 0 Å². The molecule has 1 aliphatic rings. The number of nitrogens with zero attached hydrogens (tertiary/aromatic N) is 3. The fourth-order valence-corrected chi connectivity index (χ4v) is 1.28. The van der Waals surface area contributed by atoms with Crippen LogP contribution in [0.2, 0.25) is 0 Å². The number of aliphatic hydroxyl groups is 5. The van der Waals surface area contributed by atoms with Crippen molar-refractivity contribution in [2.24, 2.45) is 5.11 Å². The molecule has 0 amide bonds. The topological polar surface area (TPSA) is 159 Å². The molecule has 1 rings (SSSR count). The quantitative estimate of drug-likeness (QED) is 0.195. The summed E-state index contributed by atoms with van der Waals surface area (Å²) in [6, 6.07) is 0. The van der Waals surface area contributed by atoms with E-state index in [1.807, 2.05) is 0 Å². The van der Waals surface area contributed by atoms with Gasteiger partial charge < -0.3 is 30.3 Å². The average molecular weight is 221 g/mol. The number of azide groups is 1. The fraction of sp³-hybridized carbons (Fsp3) is 1.00. The molecule has 1 saturated heterocycles. The van der Waals surface area contributed by atoms with Crippen molar-refractivity contribution in [3.8, 4) is 0 Å². The van der Waals surface area contributed by atoms with Gasteiger partial charge in [-0.15, -0.1) is 0 Å². The molecule has 0 aliphatic carbocycles. The normalized spacial score (nSPS) is 45.9. The van der Waals surface area contributed by atoms with E-state index < -0.39 is 36.9 Å². The molecule has 0 aromatic carbocycles. The van der Waals surface area contributed by atoms with Crippen molar-refractivity contribution in [1.82, 2.24) is 0 Å². The number of aliphatic hydroxyl groups excluding tert-OH is 4. The van der Waals surface area contributed by atoms with Crippen LogP contribution in [0.3, 0.4) is 0 Å². The second-order valence-electron chi connectivity index (χ2n) is 3.11. The Balaban J connectivity index is 2.97. The monoisotopic (exact) mass is 221 g/mol. The van der Waals surface area contributed by atoms with E-state index in [0.29, 0.717) is 0 Å². The molecule has 0 unspecified atom stereocenters. The summed E-state index contributed by atoms with van der Waals surface area (Å²) in [7, 11) is 0. The predicted octanol–water partition coefficient (Wildman–Crippen LogP) is -2.58. The van der Waals surface area contributed by atoms with Crippen molar-refractivity contribution >= 4 is 0 Å². The molecule has 15 heavy (non-hydrogen) atoms. The van der Waals surface area contributed by atoms with E-state index in [2.05, 4.69) is 14.8 Å². The smallest absolute Gasteiger partial charge is 0.276 e. The van der Waals surface area contributed by atoms with Crippen LogP contribution in [0.15, 0.2) is 5.11 Å². The Hall–Kier alpha value is -0.930. The zero-order valence-electron chi connectivity index (χ0n) is 7.50. The summed E-state index contributed by atoms with van der Waals surface area (Å²) in [5.41, 5.74) is 8.11. The maximum atomic E-state index is 9.45. The average Bonchev–Trinajstić information content (AvgIpc) is 2.21. The van der Waals surface area contributed by atoms with Gasteiger partial charge >= 0.3 is 0 Å². The summed E-state index contributed by atoms with van der Waals surface area (Å²) in [5.74, 6) is -2.69. The zero-order chi connectivity index (χ0) is 11.6. The molecule has 9 heteroatoms. The van der Waals surface area contributed by atoms with Gasteiger partial charge in [0.15, 0.2) is 0 Å². The Labute approximate surface area is 83.8 Å². The second-order valence-corrected chi connectivity index (χ2v) is 3.11. The second kappa shape index (κ2) is 4.29. The van der Waals surface area contributed by atoms with Crippen molar-refractivity contribution in [2.45, 2.75) is 30.3 Å². The van der Waals surface area contributed by atoms with Crippen LogP contribution >= 0.6 is 0 Å². The van der Waals surface area contributed by atoms with Gasteiger partial charge in [0.1, 0.15) is 24.4 Å². The summed E-state index contributed by atoms with van der Waals surface area (Å²) >= 11 is 0. The molecular formula is C6H11N3O6. The van der Waals surface area contributed by atoms with Crippen LogP contribution in [0.1, 0.15) is 0 Å². The third-order valence-corrected chi connectivity index (χ3v) is 2.13. The first-order valence-electron chi connectivity index (χ1n) is 4.07. The van der Waals surface area contributed by atoms with Gasteiger partial charge in [0.05, 0.1) is 6.61 Å². The molecular weight excluding hydrogens is 210 g/mol. The molecule has 5 atom stereocenters. The lowest BCUT2D eigenvalue weighted by molar-refractivity contribution is -0.346. The molecule has 5 N–H and O–H groups in total. The van der Waals surface area contributed by atoms with Gasteiger partial charge in [0.2, 0.25) is 0 Å². The Kier molecular flexibility index (Phi) is 3.47. The third kappa shape index (κ3) is 2.03. The number of ether oxygens (including phenoxy) is 1. The Morgan fingerprint density at radius 1 is 1.33 bits per heavy atom. The molecule has 1 fully saturated rings. The molecule has 0 aromatic heterocycles. The van der Waals surface area contributed by atoms with Crippen LogP contribution < -0.4 is 0 Å². The summed E-state index contributed by atoms with van der Waals surface area (Å²) < 4.78 is 4.58. The van der Waals surface area contributed by atoms with Crippen LogP contribution in [0.5, 0.6) is 0 Å². The molecule has 0 spiro atoms. The van der Waals surface area contributed by atoms with E-state index >= 15 is 0 Å². The number of hydrogen-bond donors (Lipinski definition) is 5. The molecule has 0 aromatic rings. The standard InChI is InChI=1S/C6H11N3O6/c7-9-8-6(14)5(13)4(12)3(11)2(1-10)15-6/h2-5,10-14H,1H2/t2-,3+,4+,5-,6-/m1/s1. The minimum absolute atomic E-state index is 0.714. The molecule has 0 saturated carbocycles. The minimum atomic E-state index is -2.69. The predicted molar refractivity (Wildman–Crippen MR) is 44.1 cm³/mol. The highest BCUT2D eigenvalue weighted by Crippen LogP contribution is 2.29. The number of rotatable bonds is 2. The molecule has 1 heterocycles. The van der Waals surface area contributed by atoms with Crippen LogP contribution in [0, 0.1) is 0 Å². The maximum Gasteiger partial charge on any atom is 0.276 e. The van der Waals surface area contributed by atoms with Gasteiger partial charge in [0, 0.05) is 4.91 Å².